The molecule has 0 bridgehead atoms. The highest BCUT2D eigenvalue weighted by Gasteiger charge is 1.97. The van der Waals surface area contributed by atoms with Gasteiger partial charge in [-0.1, -0.05) is 12.7 Å². The molecule has 1 atom stereocenters. The van der Waals surface area contributed by atoms with Gasteiger partial charge in [0.2, 0.25) is 0 Å². The zero-order valence-corrected chi connectivity index (χ0v) is 7.44. The molecule has 8 heavy (non-hydrogen) atoms. The minimum Gasteiger partial charge on any atom is -0.412 e. The third-order valence-corrected chi connectivity index (χ3v) is 2.17. The summed E-state index contributed by atoms with van der Waals surface area (Å²) in [5.41, 5.74) is -0.119. The van der Waals surface area contributed by atoms with Crippen molar-refractivity contribution >= 4 is 22.2 Å². The number of rotatable bonds is 3. The van der Waals surface area contributed by atoms with Gasteiger partial charge < -0.3 is 4.43 Å². The molecule has 0 aliphatic carbocycles. The van der Waals surface area contributed by atoms with Crippen LogP contribution in [0.1, 0.15) is 0 Å². The lowest BCUT2D eigenvalue weighted by Crippen LogP contribution is -1.98. The Balaban J connectivity index is 3.40. The van der Waals surface area contributed by atoms with E-state index >= 15 is 0 Å². The predicted molar refractivity (Wildman–Crippen MR) is 38.2 cm³/mol. The molecule has 0 fully saturated rings. The van der Waals surface area contributed by atoms with Crippen LogP contribution in [0.3, 0.4) is 0 Å². The van der Waals surface area contributed by atoms with Crippen molar-refractivity contribution in [2.24, 2.45) is 0 Å². The third-order valence-electron chi connectivity index (χ3n) is 0.594. The quantitative estimate of drug-likeness (QED) is 0.243. The molecule has 0 saturated carbocycles. The molecular formula is C4H7NOSSi. The predicted octanol–water partition coefficient (Wildman–Crippen LogP) is 0.00978. The Kier molecular flexibility index (Phi) is 4.76. The van der Waals surface area contributed by atoms with Gasteiger partial charge in [0.15, 0.2) is 0 Å². The number of nitriles is 1. The summed E-state index contributed by atoms with van der Waals surface area (Å²) in [7, 11) is 0.653. The van der Waals surface area contributed by atoms with Gasteiger partial charge in [0.1, 0.15) is 21.3 Å². The van der Waals surface area contributed by atoms with Crippen LogP contribution in [0.5, 0.6) is 0 Å². The van der Waals surface area contributed by atoms with Gasteiger partial charge in [-0.05, 0) is 11.8 Å². The van der Waals surface area contributed by atoms with Gasteiger partial charge in [-0.3, -0.25) is 0 Å². The maximum Gasteiger partial charge on any atom is 0.148 e. The van der Waals surface area contributed by atoms with E-state index in [1.165, 1.54) is 0 Å². The Labute approximate surface area is 56.1 Å². The summed E-state index contributed by atoms with van der Waals surface area (Å²) in [4.78, 5) is 0. The highest BCUT2D eigenvalue weighted by atomic mass is 32.2. The molecule has 0 aliphatic heterocycles. The van der Waals surface area contributed by atoms with Crippen LogP contribution in [0.4, 0.5) is 0 Å². The van der Waals surface area contributed by atoms with Crippen LogP contribution in [0.25, 0.3) is 0 Å². The fraction of sp³-hybridized carbons (Fsp3) is 0.250. The van der Waals surface area contributed by atoms with Crippen LogP contribution in [0.15, 0.2) is 12.7 Å². The highest BCUT2D eigenvalue weighted by Crippen LogP contribution is 2.08. The van der Waals surface area contributed by atoms with E-state index in [9.17, 15) is 0 Å². The number of nitrogens with zero attached hydrogens (tertiary/aromatic N) is 1. The van der Waals surface area contributed by atoms with Crippen LogP contribution in [0.2, 0.25) is 0 Å². The Morgan fingerprint density at radius 1 is 2.00 bits per heavy atom. The molecule has 0 amide bonds. The average molecular weight is 145 g/mol. The number of thiocyanates is 1. The maximum atomic E-state index is 8.10. The summed E-state index contributed by atoms with van der Waals surface area (Å²) in [6.45, 7) is 3.48. The molecule has 0 radical (unpaired) electrons. The monoisotopic (exact) mass is 145 g/mol. The van der Waals surface area contributed by atoms with Gasteiger partial charge in [-0.25, -0.2) is 0 Å². The smallest absolute Gasteiger partial charge is 0.148 e. The number of hydrogen-bond acceptors (Lipinski definition) is 3. The minimum atomic E-state index is -0.119. The van der Waals surface area contributed by atoms with Gasteiger partial charge >= 0.3 is 0 Å². The summed E-state index contributed by atoms with van der Waals surface area (Å²) < 4.78 is 4.90. The van der Waals surface area contributed by atoms with E-state index < -0.39 is 0 Å². The topological polar surface area (TPSA) is 33.0 Å². The van der Waals surface area contributed by atoms with E-state index in [4.69, 9.17) is 9.69 Å². The normalized spacial score (nSPS) is 12.4. The molecule has 0 spiro atoms. The van der Waals surface area contributed by atoms with E-state index in [1.54, 1.807) is 6.08 Å². The van der Waals surface area contributed by atoms with Gasteiger partial charge in [0.05, 0.1) is 0 Å². The molecule has 0 aliphatic rings. The van der Waals surface area contributed by atoms with Crippen molar-refractivity contribution in [3.8, 4) is 5.40 Å². The van der Waals surface area contributed by atoms with Gasteiger partial charge in [-0.15, -0.1) is 0 Å². The van der Waals surface area contributed by atoms with Gasteiger partial charge in [-0.2, -0.15) is 5.26 Å². The van der Waals surface area contributed by atoms with Crippen molar-refractivity contribution < 1.29 is 4.43 Å². The molecule has 0 rings (SSSR count). The SMILES string of the molecule is C=CC(O[SiH3])SC#N. The fourth-order valence-corrected chi connectivity index (χ4v) is 1.02. The molecular weight excluding hydrogens is 138 g/mol. The van der Waals surface area contributed by atoms with Crippen LogP contribution < -0.4 is 0 Å². The van der Waals surface area contributed by atoms with Gasteiger partial charge in [0.25, 0.3) is 0 Å². The second-order valence-corrected chi connectivity index (χ2v) is 2.40. The molecule has 0 saturated heterocycles. The zero-order chi connectivity index (χ0) is 6.41. The molecule has 4 heteroatoms. The van der Waals surface area contributed by atoms with Crippen molar-refractivity contribution in [3.63, 3.8) is 0 Å². The van der Waals surface area contributed by atoms with Crippen molar-refractivity contribution in [1.82, 2.24) is 0 Å². The third kappa shape index (κ3) is 2.85. The fourth-order valence-electron chi connectivity index (χ4n) is 0.244. The van der Waals surface area contributed by atoms with Crippen molar-refractivity contribution in [2.45, 2.75) is 5.44 Å². The first-order chi connectivity index (χ1) is 3.85. The largest absolute Gasteiger partial charge is 0.412 e. The summed E-state index contributed by atoms with van der Waals surface area (Å²) in [5, 5.41) is 10.0. The van der Waals surface area contributed by atoms with Crippen LogP contribution in [-0.2, 0) is 4.43 Å². The summed E-state index contributed by atoms with van der Waals surface area (Å²) in [6.07, 6.45) is 1.61. The van der Waals surface area contributed by atoms with E-state index in [2.05, 4.69) is 6.58 Å². The number of thioether (sulfide) groups is 1. The van der Waals surface area contributed by atoms with Crippen molar-refractivity contribution in [2.75, 3.05) is 0 Å². The Hall–Kier alpha value is -0.243. The molecule has 0 aromatic rings. The Morgan fingerprint density at radius 2 is 2.62 bits per heavy atom. The minimum absolute atomic E-state index is 0.119. The molecule has 44 valence electrons. The van der Waals surface area contributed by atoms with E-state index in [0.29, 0.717) is 10.5 Å². The standard InChI is InChI=1S/C4H7NOSSi/c1-2-4(6-8)7-3-5/h2,4H,1H2,8H3. The number of hydrogen-bond donors (Lipinski definition) is 0. The first-order valence-corrected chi connectivity index (χ1v) is 3.75. The van der Waals surface area contributed by atoms with Crippen LogP contribution in [-0.4, -0.2) is 15.9 Å². The van der Waals surface area contributed by atoms with Crippen molar-refractivity contribution in [3.05, 3.63) is 12.7 Å². The first kappa shape index (κ1) is 7.76. The van der Waals surface area contributed by atoms with Crippen LogP contribution in [0, 0.1) is 10.7 Å². The highest BCUT2D eigenvalue weighted by molar-refractivity contribution is 8.04. The first-order valence-electron chi connectivity index (χ1n) is 2.05. The summed E-state index contributed by atoms with van der Waals surface area (Å²) in [6, 6.07) is 0. The molecule has 0 N–H and O–H groups in total. The Bertz CT molecular complexity index is 111. The second-order valence-electron chi connectivity index (χ2n) is 1.05. The van der Waals surface area contributed by atoms with E-state index in [-0.39, 0.29) is 5.44 Å². The Morgan fingerprint density at radius 3 is 2.75 bits per heavy atom. The zero-order valence-electron chi connectivity index (χ0n) is 4.63. The molecule has 0 aromatic heterocycles. The lowest BCUT2D eigenvalue weighted by molar-refractivity contribution is 0.369. The molecule has 0 heterocycles. The molecule has 0 aromatic carbocycles. The van der Waals surface area contributed by atoms with Crippen molar-refractivity contribution in [1.29, 1.82) is 5.26 Å². The van der Waals surface area contributed by atoms with E-state index in [0.717, 1.165) is 11.8 Å². The molecule has 1 unspecified atom stereocenters. The maximum absolute atomic E-state index is 8.10. The average Bonchev–Trinajstić information content (AvgIpc) is 1.83. The lowest BCUT2D eigenvalue weighted by atomic mass is 10.7. The van der Waals surface area contributed by atoms with Crippen LogP contribution >= 0.6 is 11.8 Å². The second kappa shape index (κ2) is 4.90. The lowest BCUT2D eigenvalue weighted by Gasteiger charge is -2.01. The van der Waals surface area contributed by atoms with E-state index in [1.807, 2.05) is 5.40 Å². The summed E-state index contributed by atoms with van der Waals surface area (Å²) in [5.74, 6) is 0. The van der Waals surface area contributed by atoms with Gasteiger partial charge in [0, 0.05) is 0 Å². The molecule has 2 nitrogen and oxygen atoms in total. The summed E-state index contributed by atoms with van der Waals surface area (Å²) >= 11 is 1.08.